The normalized spacial score (nSPS) is 29.7. The Balaban J connectivity index is 1.75. The van der Waals surface area contributed by atoms with Crippen LogP contribution >= 0.6 is 11.6 Å². The average Bonchev–Trinajstić information content (AvgIpc) is 2.96. The lowest BCUT2D eigenvalue weighted by Crippen LogP contribution is -2.45. The van der Waals surface area contributed by atoms with Crippen LogP contribution in [0.1, 0.15) is 24.8 Å². The zero-order valence-electron chi connectivity index (χ0n) is 13.0. The molecule has 1 N–H and O–H groups in total. The Labute approximate surface area is 137 Å². The fourth-order valence-corrected chi connectivity index (χ4v) is 3.93. The van der Waals surface area contributed by atoms with Gasteiger partial charge < -0.3 is 14.6 Å². The van der Waals surface area contributed by atoms with Crippen molar-refractivity contribution in [2.45, 2.75) is 38.0 Å². The molecule has 0 spiro atoms. The van der Waals surface area contributed by atoms with E-state index >= 15 is 0 Å². The van der Waals surface area contributed by atoms with Crippen LogP contribution in [0.25, 0.3) is 0 Å². The highest BCUT2D eigenvalue weighted by Gasteiger charge is 2.37. The molecule has 2 aliphatic heterocycles. The molecule has 1 aromatic carbocycles. The molecular formula is C17H24ClNO3. The lowest BCUT2D eigenvalue weighted by atomic mass is 9.89. The third-order valence-corrected chi connectivity index (χ3v) is 5.12. The number of rotatable bonds is 4. The van der Waals surface area contributed by atoms with Gasteiger partial charge in [-0.1, -0.05) is 11.6 Å². The van der Waals surface area contributed by atoms with Crippen molar-refractivity contribution in [2.24, 2.45) is 5.92 Å². The van der Waals surface area contributed by atoms with E-state index in [1.165, 1.54) is 0 Å². The van der Waals surface area contributed by atoms with Crippen molar-refractivity contribution in [3.05, 3.63) is 28.8 Å². The third kappa shape index (κ3) is 3.40. The molecule has 2 aliphatic rings. The molecule has 0 saturated carbocycles. The quantitative estimate of drug-likeness (QED) is 0.924. The Kier molecular flexibility index (Phi) is 5.24. The molecule has 22 heavy (non-hydrogen) atoms. The Morgan fingerprint density at radius 2 is 2.27 bits per heavy atom. The van der Waals surface area contributed by atoms with Crippen molar-refractivity contribution in [1.29, 1.82) is 0 Å². The van der Waals surface area contributed by atoms with Crippen LogP contribution in [0.3, 0.4) is 0 Å². The number of likely N-dealkylation sites (tertiary alicyclic amines) is 1. The molecule has 3 rings (SSSR count). The van der Waals surface area contributed by atoms with E-state index in [1.807, 2.05) is 18.2 Å². The van der Waals surface area contributed by atoms with Gasteiger partial charge in [0.05, 0.1) is 19.8 Å². The fraction of sp³-hybridized carbons (Fsp3) is 0.647. The first-order valence-electron chi connectivity index (χ1n) is 8.01. The van der Waals surface area contributed by atoms with Crippen molar-refractivity contribution in [3.63, 3.8) is 0 Å². The molecule has 0 radical (unpaired) electrons. The number of aliphatic hydroxyl groups is 1. The smallest absolute Gasteiger partial charge is 0.123 e. The molecule has 2 heterocycles. The Bertz CT molecular complexity index is 511. The van der Waals surface area contributed by atoms with Crippen molar-refractivity contribution >= 4 is 11.6 Å². The minimum atomic E-state index is -0.249. The summed E-state index contributed by atoms with van der Waals surface area (Å²) in [6, 6.07) is 6.12. The molecule has 5 heteroatoms. The van der Waals surface area contributed by atoms with Crippen LogP contribution in [0.2, 0.25) is 5.02 Å². The van der Waals surface area contributed by atoms with Gasteiger partial charge in [0.1, 0.15) is 5.75 Å². The maximum Gasteiger partial charge on any atom is 0.123 e. The molecule has 0 aromatic heterocycles. The van der Waals surface area contributed by atoms with Crippen molar-refractivity contribution < 1.29 is 14.6 Å². The lowest BCUT2D eigenvalue weighted by Gasteiger charge is -2.37. The zero-order valence-corrected chi connectivity index (χ0v) is 13.8. The maximum absolute atomic E-state index is 10.3. The largest absolute Gasteiger partial charge is 0.496 e. The van der Waals surface area contributed by atoms with Crippen LogP contribution in [0.4, 0.5) is 0 Å². The van der Waals surface area contributed by atoms with E-state index in [1.54, 1.807) is 7.11 Å². The molecule has 0 amide bonds. The summed E-state index contributed by atoms with van der Waals surface area (Å²) in [6.07, 6.45) is 2.78. The molecule has 4 nitrogen and oxygen atoms in total. The number of nitrogens with zero attached hydrogens (tertiary/aromatic N) is 1. The first-order valence-corrected chi connectivity index (χ1v) is 8.39. The average molecular weight is 326 g/mol. The molecule has 122 valence electrons. The summed E-state index contributed by atoms with van der Waals surface area (Å²) >= 11 is 6.13. The Morgan fingerprint density at radius 3 is 3.05 bits per heavy atom. The van der Waals surface area contributed by atoms with E-state index in [0.29, 0.717) is 19.3 Å². The first kappa shape index (κ1) is 16.1. The second kappa shape index (κ2) is 7.18. The van der Waals surface area contributed by atoms with Gasteiger partial charge in [-0.25, -0.2) is 0 Å². The summed E-state index contributed by atoms with van der Waals surface area (Å²) in [7, 11) is 1.69. The van der Waals surface area contributed by atoms with Crippen LogP contribution < -0.4 is 4.74 Å². The molecule has 1 aromatic rings. The monoisotopic (exact) mass is 325 g/mol. The van der Waals surface area contributed by atoms with Gasteiger partial charge in [0.15, 0.2) is 0 Å². The second-order valence-electron chi connectivity index (χ2n) is 6.23. The SMILES string of the molecule is COc1ccc(Cl)cc1CN1CCCC1C1COCCC1O. The van der Waals surface area contributed by atoms with E-state index in [0.717, 1.165) is 48.7 Å². The highest BCUT2D eigenvalue weighted by molar-refractivity contribution is 6.30. The predicted molar refractivity (Wildman–Crippen MR) is 86.4 cm³/mol. The van der Waals surface area contributed by atoms with Crippen molar-refractivity contribution in [2.75, 3.05) is 26.9 Å². The maximum atomic E-state index is 10.3. The topological polar surface area (TPSA) is 41.9 Å². The van der Waals surface area contributed by atoms with Gasteiger partial charge in [-0.2, -0.15) is 0 Å². The van der Waals surface area contributed by atoms with E-state index in [9.17, 15) is 5.11 Å². The van der Waals surface area contributed by atoms with Crippen LogP contribution in [-0.2, 0) is 11.3 Å². The minimum Gasteiger partial charge on any atom is -0.496 e. The number of methoxy groups -OCH3 is 1. The van der Waals surface area contributed by atoms with E-state index in [2.05, 4.69) is 4.90 Å². The number of hydrogen-bond donors (Lipinski definition) is 1. The Hall–Kier alpha value is -0.810. The third-order valence-electron chi connectivity index (χ3n) is 4.89. The van der Waals surface area contributed by atoms with Gasteiger partial charge in [-0.05, 0) is 44.0 Å². The van der Waals surface area contributed by atoms with E-state index in [4.69, 9.17) is 21.1 Å². The van der Waals surface area contributed by atoms with Crippen LogP contribution in [0.15, 0.2) is 18.2 Å². The van der Waals surface area contributed by atoms with Gasteiger partial charge in [-0.15, -0.1) is 0 Å². The molecule has 0 bridgehead atoms. The first-order chi connectivity index (χ1) is 10.7. The fourth-order valence-electron chi connectivity index (χ4n) is 3.74. The summed E-state index contributed by atoms with van der Waals surface area (Å²) < 4.78 is 11.0. The zero-order chi connectivity index (χ0) is 15.5. The highest BCUT2D eigenvalue weighted by atomic mass is 35.5. The summed E-state index contributed by atoms with van der Waals surface area (Å²) in [5.41, 5.74) is 1.10. The molecule has 3 unspecified atom stereocenters. The standard InChI is InChI=1S/C17H24ClNO3/c1-21-17-5-4-13(18)9-12(17)10-19-7-2-3-15(19)14-11-22-8-6-16(14)20/h4-5,9,14-16,20H,2-3,6-8,10-11H2,1H3. The van der Waals surface area contributed by atoms with Gasteiger partial charge in [0.25, 0.3) is 0 Å². The van der Waals surface area contributed by atoms with Crippen LogP contribution in [-0.4, -0.2) is 49.0 Å². The minimum absolute atomic E-state index is 0.210. The van der Waals surface area contributed by atoms with Gasteiger partial charge in [-0.3, -0.25) is 4.90 Å². The summed E-state index contributed by atoms with van der Waals surface area (Å²) in [5, 5.41) is 11.0. The summed E-state index contributed by atoms with van der Waals surface area (Å²) in [4.78, 5) is 2.44. The van der Waals surface area contributed by atoms with E-state index < -0.39 is 0 Å². The number of hydrogen-bond acceptors (Lipinski definition) is 4. The predicted octanol–water partition coefficient (Wildman–Crippen LogP) is 2.71. The van der Waals surface area contributed by atoms with Gasteiger partial charge >= 0.3 is 0 Å². The van der Waals surface area contributed by atoms with E-state index in [-0.39, 0.29) is 12.0 Å². The van der Waals surface area contributed by atoms with Crippen LogP contribution in [0, 0.1) is 5.92 Å². The Morgan fingerprint density at radius 1 is 1.41 bits per heavy atom. The van der Waals surface area contributed by atoms with Gasteiger partial charge in [0.2, 0.25) is 0 Å². The highest BCUT2D eigenvalue weighted by Crippen LogP contribution is 2.33. The second-order valence-corrected chi connectivity index (χ2v) is 6.67. The van der Waals surface area contributed by atoms with Gasteiger partial charge in [0, 0.05) is 35.7 Å². The van der Waals surface area contributed by atoms with Crippen molar-refractivity contribution in [1.82, 2.24) is 4.90 Å². The summed E-state index contributed by atoms with van der Waals surface area (Å²) in [6.45, 7) is 3.18. The molecular weight excluding hydrogens is 302 g/mol. The number of benzene rings is 1. The molecule has 3 atom stereocenters. The lowest BCUT2D eigenvalue weighted by molar-refractivity contribution is -0.0636. The van der Waals surface area contributed by atoms with Crippen molar-refractivity contribution in [3.8, 4) is 5.75 Å². The molecule has 0 aliphatic carbocycles. The number of ether oxygens (including phenoxy) is 2. The number of halogens is 1. The van der Waals surface area contributed by atoms with Crippen LogP contribution in [0.5, 0.6) is 5.75 Å². The summed E-state index contributed by atoms with van der Waals surface area (Å²) in [5.74, 6) is 1.08. The number of aliphatic hydroxyl groups excluding tert-OH is 1. The molecule has 2 fully saturated rings. The molecule has 2 saturated heterocycles.